The predicted octanol–water partition coefficient (Wildman–Crippen LogP) is 3.65. The summed E-state index contributed by atoms with van der Waals surface area (Å²) in [6.45, 7) is 0.555. The number of likely N-dealkylation sites (N-methyl/N-ethyl adjacent to an activating group) is 1. The van der Waals surface area contributed by atoms with E-state index in [1.54, 1.807) is 25.2 Å². The van der Waals surface area contributed by atoms with Crippen LogP contribution in [-0.4, -0.2) is 13.6 Å². The van der Waals surface area contributed by atoms with Gasteiger partial charge in [-0.3, -0.25) is 0 Å². The van der Waals surface area contributed by atoms with E-state index < -0.39 is 11.6 Å². The predicted molar refractivity (Wildman–Crippen MR) is 73.1 cm³/mol. The van der Waals surface area contributed by atoms with Crippen molar-refractivity contribution in [2.24, 2.45) is 0 Å². The Morgan fingerprint density at radius 1 is 1.05 bits per heavy atom. The van der Waals surface area contributed by atoms with E-state index in [0.29, 0.717) is 18.5 Å². The van der Waals surface area contributed by atoms with Crippen LogP contribution in [0.25, 0.3) is 0 Å². The highest BCUT2D eigenvalue weighted by molar-refractivity contribution is 5.26. The molecule has 0 saturated carbocycles. The molecule has 0 fully saturated rings. The zero-order valence-corrected chi connectivity index (χ0v) is 11.2. The summed E-state index contributed by atoms with van der Waals surface area (Å²) in [5.74, 6) is -2.13. The summed E-state index contributed by atoms with van der Waals surface area (Å²) in [6.07, 6.45) is 0.313. The van der Waals surface area contributed by atoms with Crippen molar-refractivity contribution in [3.8, 4) is 0 Å². The summed E-state index contributed by atoms with van der Waals surface area (Å²) >= 11 is 0. The maximum absolute atomic E-state index is 13.7. The van der Waals surface area contributed by atoms with Gasteiger partial charge in [-0.1, -0.05) is 24.3 Å². The Balaban J connectivity index is 2.28. The summed E-state index contributed by atoms with van der Waals surface area (Å²) in [5.41, 5.74) is 1.07. The van der Waals surface area contributed by atoms with Gasteiger partial charge in [-0.2, -0.15) is 0 Å². The van der Waals surface area contributed by atoms with Crippen molar-refractivity contribution in [2.45, 2.75) is 12.3 Å². The van der Waals surface area contributed by atoms with E-state index in [2.05, 4.69) is 5.32 Å². The van der Waals surface area contributed by atoms with Crippen LogP contribution in [0.2, 0.25) is 0 Å². The molecule has 1 nitrogen and oxygen atoms in total. The Hall–Kier alpha value is -1.81. The minimum Gasteiger partial charge on any atom is -0.319 e. The molecule has 0 radical (unpaired) electrons. The van der Waals surface area contributed by atoms with Crippen LogP contribution in [0.3, 0.4) is 0 Å². The van der Waals surface area contributed by atoms with Gasteiger partial charge in [-0.25, -0.2) is 13.2 Å². The monoisotopic (exact) mass is 279 g/mol. The van der Waals surface area contributed by atoms with E-state index in [4.69, 9.17) is 0 Å². The molecule has 2 aromatic rings. The minimum atomic E-state index is -0.857. The number of benzene rings is 2. The lowest BCUT2D eigenvalue weighted by atomic mass is 9.91. The maximum atomic E-state index is 13.7. The molecule has 0 aliphatic carbocycles. The molecule has 2 aromatic carbocycles. The van der Waals surface area contributed by atoms with Crippen molar-refractivity contribution in [3.05, 3.63) is 71.0 Å². The SMILES string of the molecule is CNCC(Cc1cccc(F)c1F)c1cccc(F)c1. The van der Waals surface area contributed by atoms with Crippen LogP contribution < -0.4 is 5.32 Å². The molecule has 4 heteroatoms. The van der Waals surface area contributed by atoms with E-state index in [1.807, 2.05) is 0 Å². The van der Waals surface area contributed by atoms with Gasteiger partial charge in [-0.05, 0) is 42.8 Å². The van der Waals surface area contributed by atoms with Crippen molar-refractivity contribution in [3.63, 3.8) is 0 Å². The third-order valence-electron chi connectivity index (χ3n) is 3.27. The van der Waals surface area contributed by atoms with Crippen LogP contribution in [0.5, 0.6) is 0 Å². The van der Waals surface area contributed by atoms with Crippen LogP contribution in [0.15, 0.2) is 42.5 Å². The first kappa shape index (κ1) is 14.6. The van der Waals surface area contributed by atoms with Crippen molar-refractivity contribution in [2.75, 3.05) is 13.6 Å². The molecule has 0 aliphatic heterocycles. The number of halogens is 3. The van der Waals surface area contributed by atoms with Gasteiger partial charge in [0, 0.05) is 12.5 Å². The van der Waals surface area contributed by atoms with Crippen molar-refractivity contribution in [1.82, 2.24) is 5.32 Å². The lowest BCUT2D eigenvalue weighted by Crippen LogP contribution is -2.20. The molecular formula is C16H16F3N. The Morgan fingerprint density at radius 2 is 1.80 bits per heavy atom. The molecule has 20 heavy (non-hydrogen) atoms. The van der Waals surface area contributed by atoms with Gasteiger partial charge in [-0.15, -0.1) is 0 Å². The molecule has 0 saturated heterocycles. The van der Waals surface area contributed by atoms with Crippen molar-refractivity contribution < 1.29 is 13.2 Å². The highest BCUT2D eigenvalue weighted by Gasteiger charge is 2.16. The molecule has 0 aliphatic rings. The normalized spacial score (nSPS) is 12.4. The molecule has 1 atom stereocenters. The molecule has 0 aromatic heterocycles. The molecule has 0 amide bonds. The molecule has 0 heterocycles. The molecule has 1 unspecified atom stereocenters. The smallest absolute Gasteiger partial charge is 0.162 e. The second-order valence-electron chi connectivity index (χ2n) is 4.73. The van der Waals surface area contributed by atoms with Gasteiger partial charge in [0.05, 0.1) is 0 Å². The third kappa shape index (κ3) is 3.39. The van der Waals surface area contributed by atoms with Gasteiger partial charge < -0.3 is 5.32 Å². The van der Waals surface area contributed by atoms with Gasteiger partial charge in [0.25, 0.3) is 0 Å². The van der Waals surface area contributed by atoms with Crippen LogP contribution in [0.1, 0.15) is 17.0 Å². The topological polar surface area (TPSA) is 12.0 Å². The third-order valence-corrected chi connectivity index (χ3v) is 3.27. The average molecular weight is 279 g/mol. The molecule has 0 spiro atoms. The Kier molecular flexibility index (Phi) is 4.79. The Bertz CT molecular complexity index is 584. The number of nitrogens with one attached hydrogen (secondary N) is 1. The minimum absolute atomic E-state index is 0.119. The lowest BCUT2D eigenvalue weighted by Gasteiger charge is -2.18. The van der Waals surface area contributed by atoms with Crippen LogP contribution in [-0.2, 0) is 6.42 Å². The zero-order chi connectivity index (χ0) is 14.5. The second kappa shape index (κ2) is 6.57. The van der Waals surface area contributed by atoms with Gasteiger partial charge >= 0.3 is 0 Å². The first-order chi connectivity index (χ1) is 9.61. The second-order valence-corrected chi connectivity index (χ2v) is 4.73. The summed E-state index contributed by atoms with van der Waals surface area (Å²) in [6, 6.07) is 10.3. The van der Waals surface area contributed by atoms with Gasteiger partial charge in [0.15, 0.2) is 11.6 Å². The first-order valence-corrected chi connectivity index (χ1v) is 6.44. The fourth-order valence-corrected chi connectivity index (χ4v) is 2.29. The van der Waals surface area contributed by atoms with E-state index in [9.17, 15) is 13.2 Å². The zero-order valence-electron chi connectivity index (χ0n) is 11.2. The van der Waals surface area contributed by atoms with E-state index in [1.165, 1.54) is 18.2 Å². The summed E-state index contributed by atoms with van der Waals surface area (Å²) in [4.78, 5) is 0. The summed E-state index contributed by atoms with van der Waals surface area (Å²) in [7, 11) is 1.77. The van der Waals surface area contributed by atoms with Gasteiger partial charge in [0.1, 0.15) is 5.82 Å². The van der Waals surface area contributed by atoms with Crippen molar-refractivity contribution >= 4 is 0 Å². The van der Waals surface area contributed by atoms with E-state index in [-0.39, 0.29) is 11.7 Å². The van der Waals surface area contributed by atoms with Crippen LogP contribution in [0.4, 0.5) is 13.2 Å². The largest absolute Gasteiger partial charge is 0.319 e. The fraction of sp³-hybridized carbons (Fsp3) is 0.250. The molecule has 1 N–H and O–H groups in total. The van der Waals surface area contributed by atoms with Crippen LogP contribution in [0, 0.1) is 17.5 Å². The van der Waals surface area contributed by atoms with E-state index in [0.717, 1.165) is 11.6 Å². The molecule has 0 bridgehead atoms. The highest BCUT2D eigenvalue weighted by atomic mass is 19.2. The number of rotatable bonds is 5. The number of hydrogen-bond acceptors (Lipinski definition) is 1. The van der Waals surface area contributed by atoms with Crippen LogP contribution >= 0.6 is 0 Å². The molecule has 106 valence electrons. The van der Waals surface area contributed by atoms with Gasteiger partial charge in [0.2, 0.25) is 0 Å². The first-order valence-electron chi connectivity index (χ1n) is 6.44. The molecule has 2 rings (SSSR count). The Labute approximate surface area is 116 Å². The summed E-state index contributed by atoms with van der Waals surface area (Å²) < 4.78 is 40.3. The average Bonchev–Trinajstić information content (AvgIpc) is 2.43. The number of hydrogen-bond donors (Lipinski definition) is 1. The quantitative estimate of drug-likeness (QED) is 0.881. The highest BCUT2D eigenvalue weighted by Crippen LogP contribution is 2.23. The lowest BCUT2D eigenvalue weighted by molar-refractivity contribution is 0.491. The van der Waals surface area contributed by atoms with Crippen molar-refractivity contribution in [1.29, 1.82) is 0 Å². The van der Waals surface area contributed by atoms with E-state index >= 15 is 0 Å². The fourth-order valence-electron chi connectivity index (χ4n) is 2.29. The molecular weight excluding hydrogens is 263 g/mol. The maximum Gasteiger partial charge on any atom is 0.162 e. The Morgan fingerprint density at radius 3 is 2.50 bits per heavy atom. The standard InChI is InChI=1S/C16H16F3N/c1-20-10-13(11-4-2-6-14(17)9-11)8-12-5-3-7-15(18)16(12)19/h2-7,9,13,20H,8,10H2,1H3. The summed E-state index contributed by atoms with van der Waals surface area (Å²) in [5, 5.41) is 3.00.